The Morgan fingerprint density at radius 1 is 1.50 bits per heavy atom. The molecule has 0 aromatic heterocycles. The average Bonchev–Trinajstić information content (AvgIpc) is 2.07. The third-order valence-corrected chi connectivity index (χ3v) is 3.93. The van der Waals surface area contributed by atoms with E-state index in [0.717, 1.165) is 10.0 Å². The second kappa shape index (κ2) is 3.49. The third kappa shape index (κ3) is 1.70. The lowest BCUT2D eigenvalue weighted by molar-refractivity contribution is 0.0209. The zero-order chi connectivity index (χ0) is 10.3. The van der Waals surface area contributed by atoms with Crippen LogP contribution in [0.3, 0.4) is 0 Å². The number of hydrogen-bond donors (Lipinski definition) is 2. The van der Waals surface area contributed by atoms with Gasteiger partial charge < -0.3 is 10.8 Å². The van der Waals surface area contributed by atoms with Crippen molar-refractivity contribution in [2.75, 3.05) is 0 Å². The maximum atomic E-state index is 9.25. The molecule has 0 saturated heterocycles. The van der Waals surface area contributed by atoms with Gasteiger partial charge in [0.05, 0.1) is 11.1 Å². The van der Waals surface area contributed by atoms with Crippen molar-refractivity contribution in [1.82, 2.24) is 0 Å². The second-order valence-corrected chi connectivity index (χ2v) is 5.11. The largest absolute Gasteiger partial charge is 0.393 e. The SMILES string of the molecule is NC1(c2ccc(Br)c(Cl)c2)CC(O)C1. The van der Waals surface area contributed by atoms with Crippen LogP contribution in [0.2, 0.25) is 5.02 Å². The van der Waals surface area contributed by atoms with Gasteiger partial charge in [-0.3, -0.25) is 0 Å². The van der Waals surface area contributed by atoms with E-state index in [1.165, 1.54) is 0 Å². The fraction of sp³-hybridized carbons (Fsp3) is 0.400. The van der Waals surface area contributed by atoms with Gasteiger partial charge in [-0.1, -0.05) is 17.7 Å². The molecule has 1 aromatic carbocycles. The Kier molecular flexibility index (Phi) is 2.60. The van der Waals surface area contributed by atoms with Gasteiger partial charge in [-0.2, -0.15) is 0 Å². The molecule has 4 heteroatoms. The minimum atomic E-state index is -0.385. The van der Waals surface area contributed by atoms with Gasteiger partial charge in [0.15, 0.2) is 0 Å². The van der Waals surface area contributed by atoms with Gasteiger partial charge in [0.25, 0.3) is 0 Å². The molecule has 1 aliphatic carbocycles. The Morgan fingerprint density at radius 3 is 2.64 bits per heavy atom. The normalized spacial score (nSPS) is 31.3. The molecule has 2 nitrogen and oxygen atoms in total. The summed E-state index contributed by atoms with van der Waals surface area (Å²) >= 11 is 9.30. The predicted molar refractivity (Wildman–Crippen MR) is 60.3 cm³/mol. The molecule has 0 atom stereocenters. The molecule has 0 bridgehead atoms. The van der Waals surface area contributed by atoms with Crippen LogP contribution in [0, 0.1) is 0 Å². The summed E-state index contributed by atoms with van der Waals surface area (Å²) in [6, 6.07) is 5.69. The minimum absolute atomic E-state index is 0.262. The second-order valence-electron chi connectivity index (χ2n) is 3.85. The quantitative estimate of drug-likeness (QED) is 0.827. The van der Waals surface area contributed by atoms with Crippen LogP contribution in [0.15, 0.2) is 22.7 Å². The van der Waals surface area contributed by atoms with Gasteiger partial charge >= 0.3 is 0 Å². The first-order valence-electron chi connectivity index (χ1n) is 4.44. The third-order valence-electron chi connectivity index (χ3n) is 2.69. The minimum Gasteiger partial charge on any atom is -0.393 e. The van der Waals surface area contributed by atoms with Gasteiger partial charge in [-0.15, -0.1) is 0 Å². The van der Waals surface area contributed by atoms with Gasteiger partial charge in [-0.05, 0) is 46.5 Å². The molecule has 0 unspecified atom stereocenters. The Morgan fingerprint density at radius 2 is 2.14 bits per heavy atom. The highest BCUT2D eigenvalue weighted by atomic mass is 79.9. The molecule has 1 fully saturated rings. The van der Waals surface area contributed by atoms with E-state index in [-0.39, 0.29) is 11.6 Å². The summed E-state index contributed by atoms with van der Waals surface area (Å²) in [5, 5.41) is 9.91. The van der Waals surface area contributed by atoms with Crippen molar-refractivity contribution in [3.8, 4) is 0 Å². The number of aliphatic hydroxyl groups is 1. The molecule has 0 aliphatic heterocycles. The molecule has 0 spiro atoms. The van der Waals surface area contributed by atoms with Gasteiger partial charge in [0.2, 0.25) is 0 Å². The van der Waals surface area contributed by atoms with Gasteiger partial charge in [0.1, 0.15) is 0 Å². The van der Waals surface area contributed by atoms with Crippen molar-refractivity contribution in [2.24, 2.45) is 5.73 Å². The lowest BCUT2D eigenvalue weighted by Crippen LogP contribution is -2.51. The molecule has 1 aliphatic rings. The number of hydrogen-bond acceptors (Lipinski definition) is 2. The molecule has 0 radical (unpaired) electrons. The van der Waals surface area contributed by atoms with Crippen LogP contribution in [0.4, 0.5) is 0 Å². The fourth-order valence-corrected chi connectivity index (χ4v) is 2.25. The highest BCUT2D eigenvalue weighted by Crippen LogP contribution is 2.40. The van der Waals surface area contributed by atoms with E-state index in [0.29, 0.717) is 17.9 Å². The van der Waals surface area contributed by atoms with Crippen molar-refractivity contribution in [3.63, 3.8) is 0 Å². The van der Waals surface area contributed by atoms with E-state index in [9.17, 15) is 5.11 Å². The maximum absolute atomic E-state index is 9.25. The van der Waals surface area contributed by atoms with Crippen molar-refractivity contribution in [3.05, 3.63) is 33.3 Å². The van der Waals surface area contributed by atoms with E-state index < -0.39 is 0 Å². The summed E-state index contributed by atoms with van der Waals surface area (Å²) in [6.45, 7) is 0. The number of aliphatic hydroxyl groups excluding tert-OH is 1. The smallest absolute Gasteiger partial charge is 0.0582 e. The molecule has 0 heterocycles. The van der Waals surface area contributed by atoms with Crippen LogP contribution >= 0.6 is 27.5 Å². The Labute approximate surface area is 96.2 Å². The predicted octanol–water partition coefficient (Wildman–Crippen LogP) is 2.41. The summed E-state index contributed by atoms with van der Waals surface area (Å²) in [7, 11) is 0. The number of nitrogens with two attached hydrogens (primary N) is 1. The molecular weight excluding hydrogens is 265 g/mol. The summed E-state index contributed by atoms with van der Waals surface area (Å²) in [4.78, 5) is 0. The van der Waals surface area contributed by atoms with Gasteiger partial charge in [-0.25, -0.2) is 0 Å². The molecule has 0 amide bonds. The van der Waals surface area contributed by atoms with E-state index in [4.69, 9.17) is 17.3 Å². The monoisotopic (exact) mass is 275 g/mol. The Balaban J connectivity index is 2.29. The lowest BCUT2D eigenvalue weighted by atomic mass is 9.71. The van der Waals surface area contributed by atoms with Crippen molar-refractivity contribution >= 4 is 27.5 Å². The molecule has 2 rings (SSSR count). The maximum Gasteiger partial charge on any atom is 0.0582 e. The Hall–Kier alpha value is -0.0900. The average molecular weight is 277 g/mol. The van der Waals surface area contributed by atoms with Gasteiger partial charge in [0, 0.05) is 10.0 Å². The highest BCUT2D eigenvalue weighted by molar-refractivity contribution is 9.10. The van der Waals surface area contributed by atoms with Crippen LogP contribution < -0.4 is 5.73 Å². The summed E-state index contributed by atoms with van der Waals surface area (Å²) < 4.78 is 0.867. The first-order valence-corrected chi connectivity index (χ1v) is 5.61. The van der Waals surface area contributed by atoms with Crippen LogP contribution in [-0.4, -0.2) is 11.2 Å². The van der Waals surface area contributed by atoms with Crippen LogP contribution in [-0.2, 0) is 5.54 Å². The standard InChI is InChI=1S/C10H11BrClNO/c11-8-2-1-6(3-9(8)12)10(13)4-7(14)5-10/h1-3,7,14H,4-5,13H2. The van der Waals surface area contributed by atoms with Crippen LogP contribution in [0.25, 0.3) is 0 Å². The molecule has 1 saturated carbocycles. The zero-order valence-electron chi connectivity index (χ0n) is 7.50. The molecule has 1 aromatic rings. The summed E-state index contributed by atoms with van der Waals surface area (Å²) in [5.41, 5.74) is 6.71. The first-order chi connectivity index (χ1) is 6.51. The first kappa shape index (κ1) is 10.4. The van der Waals surface area contributed by atoms with E-state index in [1.54, 1.807) is 0 Å². The van der Waals surface area contributed by atoms with Crippen molar-refractivity contribution in [1.29, 1.82) is 0 Å². The van der Waals surface area contributed by atoms with Crippen molar-refractivity contribution in [2.45, 2.75) is 24.5 Å². The van der Waals surface area contributed by atoms with E-state index in [1.807, 2.05) is 18.2 Å². The Bertz CT molecular complexity index is 363. The number of halogens is 2. The molecule has 14 heavy (non-hydrogen) atoms. The van der Waals surface area contributed by atoms with E-state index in [2.05, 4.69) is 15.9 Å². The summed E-state index contributed by atoms with van der Waals surface area (Å²) in [5.74, 6) is 0. The fourth-order valence-electron chi connectivity index (χ4n) is 1.82. The highest BCUT2D eigenvalue weighted by Gasteiger charge is 2.41. The topological polar surface area (TPSA) is 46.2 Å². The van der Waals surface area contributed by atoms with E-state index >= 15 is 0 Å². The molecular formula is C10H11BrClNO. The summed E-state index contributed by atoms with van der Waals surface area (Å²) in [6.07, 6.45) is 0.970. The van der Waals surface area contributed by atoms with Crippen molar-refractivity contribution < 1.29 is 5.11 Å². The number of rotatable bonds is 1. The van der Waals surface area contributed by atoms with Crippen LogP contribution in [0.1, 0.15) is 18.4 Å². The zero-order valence-corrected chi connectivity index (χ0v) is 9.85. The lowest BCUT2D eigenvalue weighted by Gasteiger charge is -2.42. The molecule has 76 valence electrons. The van der Waals surface area contributed by atoms with Crippen LogP contribution in [0.5, 0.6) is 0 Å². The molecule has 3 N–H and O–H groups in total. The number of benzene rings is 1.